The van der Waals surface area contributed by atoms with Crippen LogP contribution in [-0.2, 0) is 19.6 Å². The predicted molar refractivity (Wildman–Crippen MR) is 148 cm³/mol. The lowest BCUT2D eigenvalue weighted by Crippen LogP contribution is -2.43. The number of imidazole rings is 1. The van der Waals surface area contributed by atoms with Crippen molar-refractivity contribution in [2.24, 2.45) is 0 Å². The lowest BCUT2D eigenvalue weighted by molar-refractivity contribution is 0.414. The van der Waals surface area contributed by atoms with E-state index in [0.717, 1.165) is 26.7 Å². The fourth-order valence-corrected chi connectivity index (χ4v) is 4.39. The molecule has 0 aliphatic carbocycles. The molecule has 5 aromatic rings. The molecule has 0 radical (unpaired) electrons. The van der Waals surface area contributed by atoms with Gasteiger partial charge in [0.1, 0.15) is 11.6 Å². The first-order valence-corrected chi connectivity index (χ1v) is 12.4. The molecule has 0 saturated carbocycles. The second-order valence-electron chi connectivity index (χ2n) is 9.19. The van der Waals surface area contributed by atoms with Gasteiger partial charge in [-0.1, -0.05) is 30.3 Å². The molecular formula is C28H28FN7O3. The van der Waals surface area contributed by atoms with Crippen molar-refractivity contribution in [3.05, 3.63) is 110 Å². The van der Waals surface area contributed by atoms with Crippen molar-refractivity contribution in [2.45, 2.75) is 26.6 Å². The van der Waals surface area contributed by atoms with Crippen LogP contribution >= 0.6 is 0 Å². The summed E-state index contributed by atoms with van der Waals surface area (Å²) in [5, 5.41) is 3.14. The first-order valence-electron chi connectivity index (χ1n) is 12.4. The molecule has 0 aliphatic heterocycles. The highest BCUT2D eigenvalue weighted by atomic mass is 19.1. The van der Waals surface area contributed by atoms with E-state index in [1.165, 1.54) is 28.8 Å². The minimum absolute atomic E-state index is 0.0370. The van der Waals surface area contributed by atoms with Crippen molar-refractivity contribution in [3.63, 3.8) is 0 Å². The fourth-order valence-electron chi connectivity index (χ4n) is 4.39. The molecule has 0 spiro atoms. The SMILES string of the molecule is COc1ccc(Cn2c(NCCn3c(N)nc4ccc(C)cc43)nc(=O)n(Cc3ccc(F)cc3)c2=O)cc1. The first kappa shape index (κ1) is 25.7. The Hall–Kier alpha value is -4.93. The maximum Gasteiger partial charge on any atom is 0.355 e. The van der Waals surface area contributed by atoms with Gasteiger partial charge in [0, 0.05) is 13.1 Å². The molecule has 2 heterocycles. The topological polar surface area (TPSA) is 122 Å². The summed E-state index contributed by atoms with van der Waals surface area (Å²) in [6, 6.07) is 18.8. The third-order valence-electron chi connectivity index (χ3n) is 6.46. The minimum Gasteiger partial charge on any atom is -0.497 e. The number of rotatable bonds is 9. The van der Waals surface area contributed by atoms with Crippen LogP contribution in [0.5, 0.6) is 5.75 Å². The van der Waals surface area contributed by atoms with Crippen molar-refractivity contribution >= 4 is 22.9 Å². The van der Waals surface area contributed by atoms with E-state index in [4.69, 9.17) is 10.5 Å². The van der Waals surface area contributed by atoms with Gasteiger partial charge in [-0.15, -0.1) is 0 Å². The van der Waals surface area contributed by atoms with Gasteiger partial charge in [-0.3, -0.25) is 4.57 Å². The Morgan fingerprint density at radius 2 is 1.56 bits per heavy atom. The van der Waals surface area contributed by atoms with Crippen molar-refractivity contribution in [3.8, 4) is 5.75 Å². The molecule has 200 valence electrons. The summed E-state index contributed by atoms with van der Waals surface area (Å²) in [6.07, 6.45) is 0. The third-order valence-corrected chi connectivity index (χ3v) is 6.46. The van der Waals surface area contributed by atoms with Crippen LogP contribution in [0.4, 0.5) is 16.3 Å². The Bertz CT molecular complexity index is 1740. The highest BCUT2D eigenvalue weighted by Gasteiger charge is 2.15. The summed E-state index contributed by atoms with van der Waals surface area (Å²) in [4.78, 5) is 35.1. The molecular weight excluding hydrogens is 501 g/mol. The average Bonchev–Trinajstić information content (AvgIpc) is 3.24. The van der Waals surface area contributed by atoms with Gasteiger partial charge >= 0.3 is 11.4 Å². The van der Waals surface area contributed by atoms with Gasteiger partial charge < -0.3 is 20.4 Å². The molecule has 10 nitrogen and oxygen atoms in total. The molecule has 0 unspecified atom stereocenters. The number of halogens is 1. The maximum atomic E-state index is 13.6. The van der Waals surface area contributed by atoms with Crippen LogP contribution in [0.15, 0.2) is 76.3 Å². The average molecular weight is 530 g/mol. The van der Waals surface area contributed by atoms with Crippen molar-refractivity contribution < 1.29 is 9.13 Å². The number of hydrogen-bond acceptors (Lipinski definition) is 7. The summed E-state index contributed by atoms with van der Waals surface area (Å²) in [5.41, 5.74) is 9.09. The molecule has 0 amide bonds. The van der Waals surface area contributed by atoms with Crippen molar-refractivity contribution in [1.82, 2.24) is 23.7 Å². The molecule has 0 atom stereocenters. The van der Waals surface area contributed by atoms with Gasteiger partial charge in [-0.25, -0.2) is 23.5 Å². The molecule has 0 saturated heterocycles. The van der Waals surface area contributed by atoms with E-state index in [0.29, 0.717) is 30.4 Å². The predicted octanol–water partition coefficient (Wildman–Crippen LogP) is 3.00. The Morgan fingerprint density at radius 3 is 2.26 bits per heavy atom. The van der Waals surface area contributed by atoms with Gasteiger partial charge in [0.05, 0.1) is 31.2 Å². The van der Waals surface area contributed by atoms with Gasteiger partial charge in [-0.2, -0.15) is 4.98 Å². The molecule has 0 bridgehead atoms. The van der Waals surface area contributed by atoms with Crippen LogP contribution < -0.4 is 27.2 Å². The highest BCUT2D eigenvalue weighted by molar-refractivity contribution is 5.79. The Labute approximate surface area is 223 Å². The summed E-state index contributed by atoms with van der Waals surface area (Å²) in [5.74, 6) is 0.789. The number of anilines is 2. The normalized spacial score (nSPS) is 11.2. The van der Waals surface area contributed by atoms with Crippen LogP contribution in [0, 0.1) is 12.7 Å². The Balaban J connectivity index is 1.46. The number of nitrogens with two attached hydrogens (primary N) is 1. The van der Waals surface area contributed by atoms with E-state index >= 15 is 0 Å². The molecule has 11 heteroatoms. The molecule has 0 aliphatic rings. The molecule has 3 N–H and O–H groups in total. The lowest BCUT2D eigenvalue weighted by atomic mass is 10.2. The third kappa shape index (κ3) is 5.52. The number of ether oxygens (including phenoxy) is 1. The zero-order valence-electron chi connectivity index (χ0n) is 21.6. The molecule has 3 aromatic carbocycles. The quantitative estimate of drug-likeness (QED) is 0.301. The number of benzene rings is 3. The zero-order chi connectivity index (χ0) is 27.5. The number of fused-ring (bicyclic) bond motifs is 1. The van der Waals surface area contributed by atoms with Crippen molar-refractivity contribution in [2.75, 3.05) is 24.7 Å². The zero-order valence-corrected chi connectivity index (χ0v) is 21.6. The summed E-state index contributed by atoms with van der Waals surface area (Å²) >= 11 is 0. The van der Waals surface area contributed by atoms with E-state index in [-0.39, 0.29) is 19.0 Å². The standard InChI is InChI=1S/C28H28FN7O3/c1-18-3-12-23-24(15-18)34(25(30)32-23)14-13-31-26-33-27(37)36(17-19-4-8-21(29)9-5-19)28(38)35(26)16-20-6-10-22(39-2)11-7-20/h3-12,15H,13-14,16-17H2,1-2H3,(H2,30,32)(H,31,33,37). The van der Waals surface area contributed by atoms with Crippen LogP contribution in [0.3, 0.4) is 0 Å². The highest BCUT2D eigenvalue weighted by Crippen LogP contribution is 2.19. The van der Waals surface area contributed by atoms with E-state index in [9.17, 15) is 14.0 Å². The number of hydrogen-bond donors (Lipinski definition) is 2. The van der Waals surface area contributed by atoms with E-state index in [1.807, 2.05) is 41.8 Å². The second-order valence-corrected chi connectivity index (χ2v) is 9.19. The number of nitrogens with one attached hydrogen (secondary N) is 1. The van der Waals surface area contributed by atoms with Crippen LogP contribution in [-0.4, -0.2) is 37.3 Å². The van der Waals surface area contributed by atoms with E-state index in [1.54, 1.807) is 19.2 Å². The van der Waals surface area contributed by atoms with E-state index in [2.05, 4.69) is 15.3 Å². The molecule has 39 heavy (non-hydrogen) atoms. The smallest absolute Gasteiger partial charge is 0.355 e. The maximum absolute atomic E-state index is 13.6. The number of aryl methyl sites for hydroxylation is 1. The van der Waals surface area contributed by atoms with Gasteiger partial charge in [0.25, 0.3) is 0 Å². The lowest BCUT2D eigenvalue weighted by Gasteiger charge is -2.16. The summed E-state index contributed by atoms with van der Waals surface area (Å²) < 4.78 is 22.9. The first-order chi connectivity index (χ1) is 18.8. The Kier molecular flexibility index (Phi) is 7.13. The molecule has 2 aromatic heterocycles. The number of aromatic nitrogens is 5. The number of methoxy groups -OCH3 is 1. The van der Waals surface area contributed by atoms with Gasteiger partial charge in [0.2, 0.25) is 11.9 Å². The summed E-state index contributed by atoms with van der Waals surface area (Å²) in [7, 11) is 1.58. The van der Waals surface area contributed by atoms with Crippen molar-refractivity contribution in [1.29, 1.82) is 0 Å². The number of nitrogen functional groups attached to an aromatic ring is 1. The Morgan fingerprint density at radius 1 is 0.897 bits per heavy atom. The van der Waals surface area contributed by atoms with Crippen LogP contribution in [0.25, 0.3) is 11.0 Å². The second kappa shape index (κ2) is 10.8. The summed E-state index contributed by atoms with van der Waals surface area (Å²) in [6.45, 7) is 2.89. The van der Waals surface area contributed by atoms with Crippen LogP contribution in [0.1, 0.15) is 16.7 Å². The van der Waals surface area contributed by atoms with Crippen LogP contribution in [0.2, 0.25) is 0 Å². The van der Waals surface area contributed by atoms with Gasteiger partial charge in [0.15, 0.2) is 0 Å². The van der Waals surface area contributed by atoms with E-state index < -0.39 is 17.2 Å². The largest absolute Gasteiger partial charge is 0.497 e. The van der Waals surface area contributed by atoms with Gasteiger partial charge in [-0.05, 0) is 60.0 Å². The molecule has 0 fully saturated rings. The monoisotopic (exact) mass is 529 g/mol. The molecule has 5 rings (SSSR count). The number of nitrogens with zero attached hydrogens (tertiary/aromatic N) is 5. The minimum atomic E-state index is -0.707. The fraction of sp³-hybridized carbons (Fsp3) is 0.214.